The number of aryl methyl sites for hydroxylation is 1. The first-order chi connectivity index (χ1) is 8.79. The number of benzene rings is 1. The molecule has 0 spiro atoms. The average molecular weight is 261 g/mol. The number of H-pyrrole nitrogens is 1. The van der Waals surface area contributed by atoms with Crippen molar-refractivity contribution >= 4 is 17.3 Å². The lowest BCUT2D eigenvalue weighted by Gasteiger charge is -2.06. The van der Waals surface area contributed by atoms with Crippen LogP contribution < -0.4 is 5.32 Å². The van der Waals surface area contributed by atoms with Crippen molar-refractivity contribution in [1.82, 2.24) is 9.97 Å². The minimum absolute atomic E-state index is 0.480. The maximum atomic E-state index is 8.76. The second-order valence-electron chi connectivity index (χ2n) is 3.87. The molecular weight excluding hydrogens is 248 g/mol. The van der Waals surface area contributed by atoms with Gasteiger partial charge in [0, 0.05) is 31.0 Å². The van der Waals surface area contributed by atoms with Crippen LogP contribution in [0.4, 0.5) is 5.69 Å². The van der Waals surface area contributed by atoms with Crippen LogP contribution in [0.1, 0.15) is 17.8 Å². The maximum Gasteiger partial charge on any atom is 0.106 e. The smallest absolute Gasteiger partial charge is 0.106 e. The molecule has 0 saturated carbocycles. The molecule has 0 aliphatic heterocycles. The molecule has 0 aliphatic rings. The van der Waals surface area contributed by atoms with E-state index in [-0.39, 0.29) is 0 Å². The highest BCUT2D eigenvalue weighted by molar-refractivity contribution is 6.32. The van der Waals surface area contributed by atoms with E-state index in [1.807, 2.05) is 18.3 Å². The van der Waals surface area contributed by atoms with Crippen LogP contribution in [0.3, 0.4) is 0 Å². The topological polar surface area (TPSA) is 64.5 Å². The summed E-state index contributed by atoms with van der Waals surface area (Å²) in [5.41, 5.74) is 1.43. The number of hydrogen-bond acceptors (Lipinski definition) is 3. The highest BCUT2D eigenvalue weighted by Crippen LogP contribution is 2.20. The Bertz CT molecular complexity index is 543. The van der Waals surface area contributed by atoms with E-state index in [1.165, 1.54) is 0 Å². The molecule has 18 heavy (non-hydrogen) atoms. The Morgan fingerprint density at radius 1 is 1.44 bits per heavy atom. The summed E-state index contributed by atoms with van der Waals surface area (Å²) in [6.07, 6.45) is 5.46. The summed E-state index contributed by atoms with van der Waals surface area (Å²) in [5.74, 6) is 0.995. The summed E-state index contributed by atoms with van der Waals surface area (Å²) in [5, 5.41) is 12.5. The number of halogens is 1. The fraction of sp³-hybridized carbons (Fsp3) is 0.231. The minimum Gasteiger partial charge on any atom is -0.385 e. The SMILES string of the molecule is N#Cc1ccc(NCCCc2ncc[nH]2)cc1Cl. The third kappa shape index (κ3) is 3.25. The third-order valence-corrected chi connectivity index (χ3v) is 2.88. The van der Waals surface area contributed by atoms with Gasteiger partial charge >= 0.3 is 0 Å². The van der Waals surface area contributed by atoms with Gasteiger partial charge in [-0.25, -0.2) is 4.98 Å². The van der Waals surface area contributed by atoms with Crippen molar-refractivity contribution in [3.63, 3.8) is 0 Å². The Balaban J connectivity index is 1.80. The zero-order chi connectivity index (χ0) is 12.8. The molecule has 5 heteroatoms. The molecule has 1 heterocycles. The molecule has 4 nitrogen and oxygen atoms in total. The Hall–Kier alpha value is -1.99. The fourth-order valence-corrected chi connectivity index (χ4v) is 1.86. The number of nitrogens with one attached hydrogen (secondary N) is 2. The summed E-state index contributed by atoms with van der Waals surface area (Å²) in [6, 6.07) is 7.38. The van der Waals surface area contributed by atoms with Crippen molar-refractivity contribution in [3.8, 4) is 6.07 Å². The zero-order valence-electron chi connectivity index (χ0n) is 9.78. The van der Waals surface area contributed by atoms with Gasteiger partial charge < -0.3 is 10.3 Å². The monoisotopic (exact) mass is 260 g/mol. The van der Waals surface area contributed by atoms with Gasteiger partial charge in [0.25, 0.3) is 0 Å². The molecule has 0 unspecified atom stereocenters. The molecule has 0 saturated heterocycles. The summed E-state index contributed by atoms with van der Waals surface area (Å²) in [7, 11) is 0. The van der Waals surface area contributed by atoms with Crippen molar-refractivity contribution in [3.05, 3.63) is 47.0 Å². The molecule has 92 valence electrons. The number of aromatic nitrogens is 2. The first-order valence-electron chi connectivity index (χ1n) is 5.71. The Morgan fingerprint density at radius 2 is 2.33 bits per heavy atom. The van der Waals surface area contributed by atoms with E-state index in [0.717, 1.165) is 30.9 Å². The molecule has 0 atom stereocenters. The van der Waals surface area contributed by atoms with Gasteiger partial charge in [0.2, 0.25) is 0 Å². The summed E-state index contributed by atoms with van der Waals surface area (Å²) < 4.78 is 0. The Labute approximate surface area is 111 Å². The molecule has 1 aromatic carbocycles. The van der Waals surface area contributed by atoms with Crippen LogP contribution in [0.25, 0.3) is 0 Å². The molecule has 0 fully saturated rings. The Kier molecular flexibility index (Phi) is 4.21. The molecular formula is C13H13ClN4. The highest BCUT2D eigenvalue weighted by atomic mass is 35.5. The number of anilines is 1. The fourth-order valence-electron chi connectivity index (χ4n) is 1.64. The van der Waals surface area contributed by atoms with Gasteiger partial charge in [0.15, 0.2) is 0 Å². The maximum absolute atomic E-state index is 8.76. The van der Waals surface area contributed by atoms with Crippen molar-refractivity contribution < 1.29 is 0 Å². The molecule has 0 aliphatic carbocycles. The van der Waals surface area contributed by atoms with Gasteiger partial charge in [-0.2, -0.15) is 5.26 Å². The predicted molar refractivity (Wildman–Crippen MR) is 71.6 cm³/mol. The van der Waals surface area contributed by atoms with Gasteiger partial charge in [-0.05, 0) is 24.6 Å². The van der Waals surface area contributed by atoms with Gasteiger partial charge in [-0.3, -0.25) is 0 Å². The third-order valence-electron chi connectivity index (χ3n) is 2.56. The lowest BCUT2D eigenvalue weighted by molar-refractivity contribution is 0.816. The summed E-state index contributed by atoms with van der Waals surface area (Å²) in [4.78, 5) is 7.22. The van der Waals surface area contributed by atoms with E-state index in [4.69, 9.17) is 16.9 Å². The van der Waals surface area contributed by atoms with Gasteiger partial charge in [0.1, 0.15) is 11.9 Å². The number of hydrogen-bond donors (Lipinski definition) is 2. The number of nitrogens with zero attached hydrogens (tertiary/aromatic N) is 2. The second kappa shape index (κ2) is 6.08. The van der Waals surface area contributed by atoms with E-state index < -0.39 is 0 Å². The van der Waals surface area contributed by atoms with Crippen LogP contribution in [0, 0.1) is 11.3 Å². The lowest BCUT2D eigenvalue weighted by Crippen LogP contribution is -2.03. The number of rotatable bonds is 5. The highest BCUT2D eigenvalue weighted by Gasteiger charge is 2.00. The minimum atomic E-state index is 0.480. The van der Waals surface area contributed by atoms with Crippen molar-refractivity contribution in [1.29, 1.82) is 5.26 Å². The van der Waals surface area contributed by atoms with Crippen LogP contribution in [-0.2, 0) is 6.42 Å². The Morgan fingerprint density at radius 3 is 3.00 bits per heavy atom. The lowest BCUT2D eigenvalue weighted by atomic mass is 10.2. The normalized spacial score (nSPS) is 10.0. The molecule has 2 aromatic rings. The first kappa shape index (κ1) is 12.5. The standard InChI is InChI=1S/C13H13ClN4/c14-12-8-11(4-3-10(12)9-15)16-5-1-2-13-17-6-7-18-13/h3-4,6-8,16H,1-2,5H2,(H,17,18). The predicted octanol–water partition coefficient (Wildman–Crippen LogP) is 2.98. The summed E-state index contributed by atoms with van der Waals surface area (Å²) in [6.45, 7) is 0.836. The van der Waals surface area contributed by atoms with Crippen LogP contribution in [-0.4, -0.2) is 16.5 Å². The molecule has 2 rings (SSSR count). The van der Waals surface area contributed by atoms with Crippen molar-refractivity contribution in [2.45, 2.75) is 12.8 Å². The van der Waals surface area contributed by atoms with Gasteiger partial charge in [-0.15, -0.1) is 0 Å². The van der Waals surface area contributed by atoms with Crippen LogP contribution in [0.15, 0.2) is 30.6 Å². The van der Waals surface area contributed by atoms with Gasteiger partial charge in [-0.1, -0.05) is 11.6 Å². The van der Waals surface area contributed by atoms with Crippen molar-refractivity contribution in [2.24, 2.45) is 0 Å². The summed E-state index contributed by atoms with van der Waals surface area (Å²) >= 11 is 5.95. The van der Waals surface area contributed by atoms with Crippen molar-refractivity contribution in [2.75, 3.05) is 11.9 Å². The largest absolute Gasteiger partial charge is 0.385 e. The first-order valence-corrected chi connectivity index (χ1v) is 6.09. The van der Waals surface area contributed by atoms with Crippen LogP contribution in [0.2, 0.25) is 5.02 Å². The average Bonchev–Trinajstić information content (AvgIpc) is 2.88. The van der Waals surface area contributed by atoms with E-state index in [9.17, 15) is 0 Å². The molecule has 1 aromatic heterocycles. The van der Waals surface area contributed by atoms with E-state index in [2.05, 4.69) is 15.3 Å². The molecule has 0 radical (unpaired) electrons. The second-order valence-corrected chi connectivity index (χ2v) is 4.28. The molecule has 0 bridgehead atoms. The van der Waals surface area contributed by atoms with E-state index >= 15 is 0 Å². The molecule has 2 N–H and O–H groups in total. The van der Waals surface area contributed by atoms with Crippen LogP contribution >= 0.6 is 11.6 Å². The molecule has 0 amide bonds. The van der Waals surface area contributed by atoms with E-state index in [0.29, 0.717) is 10.6 Å². The number of aromatic amines is 1. The van der Waals surface area contributed by atoms with Gasteiger partial charge in [0.05, 0.1) is 10.6 Å². The number of nitriles is 1. The zero-order valence-corrected chi connectivity index (χ0v) is 10.5. The van der Waals surface area contributed by atoms with E-state index in [1.54, 1.807) is 18.3 Å². The number of imidazole rings is 1. The quantitative estimate of drug-likeness (QED) is 0.813. The van der Waals surface area contributed by atoms with Crippen LogP contribution in [0.5, 0.6) is 0 Å².